The third-order valence-electron chi connectivity index (χ3n) is 2.18. The number of aliphatic hydroxyl groups excluding tert-OH is 3. The van der Waals surface area contributed by atoms with Crippen molar-refractivity contribution in [3.8, 4) is 0 Å². The van der Waals surface area contributed by atoms with Crippen molar-refractivity contribution in [3.05, 3.63) is 0 Å². The largest absolute Gasteiger partial charge is 0.469 e. The average molecular weight is 259 g/mol. The normalized spacial score (nSPS) is 41.0. The van der Waals surface area contributed by atoms with Gasteiger partial charge in [-0.1, -0.05) is 0 Å². The fraction of sp³-hybridized carbons (Fsp3) is 1.00. The van der Waals surface area contributed by atoms with Crippen molar-refractivity contribution in [1.82, 2.24) is 0 Å². The van der Waals surface area contributed by atoms with Gasteiger partial charge in [0.2, 0.25) is 0 Å². The first-order chi connectivity index (χ1) is 7.22. The van der Waals surface area contributed by atoms with Gasteiger partial charge >= 0.3 is 7.82 Å². The standard InChI is InChI=1S/C6H14NO8P/c7-3-5(9)4(8)2(15-6(3)10)1-14-16(11,12)13/h2-6,8-10H,1,7H2,(H2,11,12,13)/t2?,3?,4-,5+,6?/m1/s1. The van der Waals surface area contributed by atoms with Crippen LogP contribution in [0.2, 0.25) is 0 Å². The van der Waals surface area contributed by atoms with E-state index in [0.29, 0.717) is 0 Å². The van der Waals surface area contributed by atoms with Crippen LogP contribution in [0.15, 0.2) is 0 Å². The number of phosphoric ester groups is 1. The average Bonchev–Trinajstić information content (AvgIpc) is 2.17. The van der Waals surface area contributed by atoms with Crippen molar-refractivity contribution in [1.29, 1.82) is 0 Å². The Kier molecular flexibility index (Phi) is 4.41. The number of hydrogen-bond donors (Lipinski definition) is 6. The van der Waals surface area contributed by atoms with Crippen LogP contribution < -0.4 is 5.73 Å². The van der Waals surface area contributed by atoms with Gasteiger partial charge in [0.1, 0.15) is 18.3 Å². The van der Waals surface area contributed by atoms with Gasteiger partial charge in [0.15, 0.2) is 6.29 Å². The van der Waals surface area contributed by atoms with Crippen LogP contribution >= 0.6 is 7.82 Å². The summed E-state index contributed by atoms with van der Waals surface area (Å²) in [5.41, 5.74) is 5.28. The van der Waals surface area contributed by atoms with E-state index in [2.05, 4.69) is 4.52 Å². The molecule has 10 heteroatoms. The summed E-state index contributed by atoms with van der Waals surface area (Å²) in [6.45, 7) is -0.674. The molecule has 96 valence electrons. The zero-order valence-corrected chi connectivity index (χ0v) is 8.97. The lowest BCUT2D eigenvalue weighted by Gasteiger charge is -2.38. The molecule has 0 aliphatic carbocycles. The van der Waals surface area contributed by atoms with E-state index < -0.39 is 45.1 Å². The van der Waals surface area contributed by atoms with Crippen molar-refractivity contribution >= 4 is 7.82 Å². The molecule has 1 rings (SSSR count). The topological polar surface area (TPSA) is 163 Å². The number of ether oxygens (including phenoxy) is 1. The molecule has 1 fully saturated rings. The Balaban J connectivity index is 2.57. The lowest BCUT2D eigenvalue weighted by Crippen LogP contribution is -2.61. The lowest BCUT2D eigenvalue weighted by molar-refractivity contribution is -0.247. The molecule has 0 aromatic carbocycles. The quantitative estimate of drug-likeness (QED) is 0.287. The van der Waals surface area contributed by atoms with Crippen LogP contribution in [0.25, 0.3) is 0 Å². The van der Waals surface area contributed by atoms with Gasteiger partial charge in [0.05, 0.1) is 12.6 Å². The Morgan fingerprint density at radius 3 is 2.31 bits per heavy atom. The van der Waals surface area contributed by atoms with E-state index in [0.717, 1.165) is 0 Å². The maximum absolute atomic E-state index is 10.4. The molecule has 7 N–H and O–H groups in total. The van der Waals surface area contributed by atoms with Gasteiger partial charge in [0, 0.05) is 0 Å². The second-order valence-electron chi connectivity index (χ2n) is 3.41. The highest BCUT2D eigenvalue weighted by atomic mass is 31.2. The minimum Gasteiger partial charge on any atom is -0.388 e. The Bertz CT molecular complexity index is 282. The predicted molar refractivity (Wildman–Crippen MR) is 48.9 cm³/mol. The van der Waals surface area contributed by atoms with E-state index in [-0.39, 0.29) is 0 Å². The summed E-state index contributed by atoms with van der Waals surface area (Å²) in [6.07, 6.45) is -5.76. The number of hydrogen-bond acceptors (Lipinski definition) is 7. The van der Waals surface area contributed by atoms with Gasteiger partial charge in [-0.25, -0.2) is 4.57 Å². The Hall–Kier alpha value is -0.0900. The molecule has 0 radical (unpaired) electrons. The van der Waals surface area contributed by atoms with Crippen molar-refractivity contribution in [2.75, 3.05) is 6.61 Å². The molecule has 0 aromatic rings. The van der Waals surface area contributed by atoms with E-state index in [1.54, 1.807) is 0 Å². The molecule has 0 spiro atoms. The monoisotopic (exact) mass is 259 g/mol. The zero-order chi connectivity index (χ0) is 12.5. The molecule has 0 bridgehead atoms. The first-order valence-electron chi connectivity index (χ1n) is 4.37. The molecule has 1 saturated heterocycles. The first kappa shape index (κ1) is 14.0. The summed E-state index contributed by atoms with van der Waals surface area (Å²) in [7, 11) is -4.70. The van der Waals surface area contributed by atoms with Crippen LogP contribution in [0.5, 0.6) is 0 Å². The molecular weight excluding hydrogens is 245 g/mol. The van der Waals surface area contributed by atoms with Crippen molar-refractivity contribution in [2.24, 2.45) is 5.73 Å². The van der Waals surface area contributed by atoms with Crippen molar-refractivity contribution < 1.29 is 38.9 Å². The van der Waals surface area contributed by atoms with Crippen LogP contribution in [0.4, 0.5) is 0 Å². The second-order valence-corrected chi connectivity index (χ2v) is 4.65. The fourth-order valence-electron chi connectivity index (χ4n) is 1.28. The van der Waals surface area contributed by atoms with Gasteiger partial charge < -0.3 is 35.6 Å². The lowest BCUT2D eigenvalue weighted by atomic mass is 9.98. The predicted octanol–water partition coefficient (Wildman–Crippen LogP) is -3.14. The number of phosphoric acid groups is 1. The minimum absolute atomic E-state index is 0.674. The molecule has 5 atom stereocenters. The molecule has 1 aliphatic rings. The molecule has 0 saturated carbocycles. The van der Waals surface area contributed by atoms with Crippen molar-refractivity contribution in [2.45, 2.75) is 30.6 Å². The van der Waals surface area contributed by atoms with Crippen LogP contribution in [0, 0.1) is 0 Å². The molecule has 1 aliphatic heterocycles. The summed E-state index contributed by atoms with van der Waals surface area (Å²) in [4.78, 5) is 16.8. The van der Waals surface area contributed by atoms with Crippen LogP contribution in [-0.4, -0.2) is 62.4 Å². The smallest absolute Gasteiger partial charge is 0.388 e. The molecule has 0 amide bonds. The van der Waals surface area contributed by atoms with Crippen LogP contribution in [-0.2, 0) is 13.8 Å². The summed E-state index contributed by atoms with van der Waals surface area (Å²) in [6, 6.07) is -1.19. The maximum Gasteiger partial charge on any atom is 0.469 e. The first-order valence-corrected chi connectivity index (χ1v) is 5.91. The Morgan fingerprint density at radius 1 is 1.25 bits per heavy atom. The molecule has 9 nitrogen and oxygen atoms in total. The molecular formula is C6H14NO8P. The van der Waals surface area contributed by atoms with E-state index >= 15 is 0 Å². The zero-order valence-electron chi connectivity index (χ0n) is 8.08. The highest BCUT2D eigenvalue weighted by Crippen LogP contribution is 2.36. The summed E-state index contributed by atoms with van der Waals surface area (Å²) < 4.78 is 19.2. The third-order valence-corrected chi connectivity index (χ3v) is 2.66. The molecule has 3 unspecified atom stereocenters. The second kappa shape index (κ2) is 5.05. The summed E-state index contributed by atoms with van der Waals surface area (Å²) in [5.74, 6) is 0. The van der Waals surface area contributed by atoms with Gasteiger partial charge in [-0.05, 0) is 0 Å². The van der Waals surface area contributed by atoms with E-state index in [9.17, 15) is 19.9 Å². The Morgan fingerprint density at radius 2 is 1.81 bits per heavy atom. The van der Waals surface area contributed by atoms with Gasteiger partial charge in [-0.2, -0.15) is 0 Å². The number of nitrogens with two attached hydrogens (primary N) is 1. The van der Waals surface area contributed by atoms with Crippen molar-refractivity contribution in [3.63, 3.8) is 0 Å². The van der Waals surface area contributed by atoms with Gasteiger partial charge in [-0.3, -0.25) is 4.52 Å². The van der Waals surface area contributed by atoms with Crippen LogP contribution in [0.3, 0.4) is 0 Å². The maximum atomic E-state index is 10.4. The van der Waals surface area contributed by atoms with E-state index in [1.165, 1.54) is 0 Å². The highest BCUT2D eigenvalue weighted by molar-refractivity contribution is 7.46. The molecule has 16 heavy (non-hydrogen) atoms. The molecule has 1 heterocycles. The highest BCUT2D eigenvalue weighted by Gasteiger charge is 2.42. The van der Waals surface area contributed by atoms with Gasteiger partial charge in [-0.15, -0.1) is 0 Å². The van der Waals surface area contributed by atoms with Crippen LogP contribution in [0.1, 0.15) is 0 Å². The summed E-state index contributed by atoms with van der Waals surface area (Å²) >= 11 is 0. The fourth-order valence-corrected chi connectivity index (χ4v) is 1.62. The molecule has 0 aromatic heterocycles. The summed E-state index contributed by atoms with van der Waals surface area (Å²) in [5, 5.41) is 28.0. The minimum atomic E-state index is -4.70. The third kappa shape index (κ3) is 3.45. The van der Waals surface area contributed by atoms with E-state index in [1.807, 2.05) is 0 Å². The van der Waals surface area contributed by atoms with E-state index in [4.69, 9.17) is 20.3 Å². The number of rotatable bonds is 3. The van der Waals surface area contributed by atoms with Gasteiger partial charge in [0.25, 0.3) is 0 Å². The number of aliphatic hydroxyl groups is 3. The SMILES string of the molecule is NC1C(O)OC(COP(=O)(O)O)[C@@H](O)[C@H]1O. The Labute approximate surface area is 90.6 Å².